The number of rotatable bonds is 6. The van der Waals surface area contributed by atoms with Gasteiger partial charge in [-0.05, 0) is 31.2 Å². The van der Waals surface area contributed by atoms with E-state index in [0.29, 0.717) is 18.0 Å². The van der Waals surface area contributed by atoms with E-state index < -0.39 is 12.1 Å². The summed E-state index contributed by atoms with van der Waals surface area (Å²) >= 11 is 1.52. The first-order chi connectivity index (χ1) is 14.9. The van der Waals surface area contributed by atoms with E-state index in [9.17, 15) is 14.4 Å². The second-order valence-electron chi connectivity index (χ2n) is 7.14. The van der Waals surface area contributed by atoms with Gasteiger partial charge in [-0.2, -0.15) is 0 Å². The quantitative estimate of drug-likeness (QED) is 0.549. The number of ether oxygens (including phenoxy) is 2. The Morgan fingerprint density at radius 3 is 2.77 bits per heavy atom. The summed E-state index contributed by atoms with van der Waals surface area (Å²) in [5.74, 6) is -0.835. The van der Waals surface area contributed by atoms with Gasteiger partial charge in [0.15, 0.2) is 12.7 Å². The van der Waals surface area contributed by atoms with Crippen molar-refractivity contribution in [2.24, 2.45) is 0 Å². The summed E-state index contributed by atoms with van der Waals surface area (Å²) in [5, 5.41) is 0.797. The van der Waals surface area contributed by atoms with Gasteiger partial charge in [-0.25, -0.2) is 4.98 Å². The highest BCUT2D eigenvalue weighted by molar-refractivity contribution is 7.18. The van der Waals surface area contributed by atoms with Gasteiger partial charge in [-0.15, -0.1) is 11.3 Å². The number of hydrogen-bond acceptors (Lipinski definition) is 7. The largest absolute Gasteiger partial charge is 0.482 e. The molecule has 4 rings (SSSR count). The fourth-order valence-corrected chi connectivity index (χ4v) is 4.34. The zero-order valence-electron chi connectivity index (χ0n) is 17.1. The van der Waals surface area contributed by atoms with Crippen LogP contribution in [0.15, 0.2) is 48.5 Å². The molecule has 2 heterocycles. The Balaban J connectivity index is 1.36. The van der Waals surface area contributed by atoms with Crippen molar-refractivity contribution in [1.82, 2.24) is 9.88 Å². The van der Waals surface area contributed by atoms with Crippen LogP contribution in [0.4, 0.5) is 5.69 Å². The van der Waals surface area contributed by atoms with Crippen LogP contribution in [0, 0.1) is 0 Å². The molecule has 1 atom stereocenters. The Morgan fingerprint density at radius 1 is 1.23 bits per heavy atom. The molecule has 0 N–H and O–H groups in total. The molecule has 0 spiro atoms. The molecule has 1 aromatic heterocycles. The molecule has 0 aliphatic carbocycles. The first-order valence-electron chi connectivity index (χ1n) is 9.73. The minimum Gasteiger partial charge on any atom is -0.482 e. The summed E-state index contributed by atoms with van der Waals surface area (Å²) in [6.45, 7) is 1.39. The molecular weight excluding hydrogens is 418 g/mol. The average Bonchev–Trinajstić information content (AvgIpc) is 3.17. The van der Waals surface area contributed by atoms with Crippen LogP contribution in [-0.2, 0) is 25.7 Å². The van der Waals surface area contributed by atoms with Crippen LogP contribution in [0.1, 0.15) is 11.9 Å². The van der Waals surface area contributed by atoms with Gasteiger partial charge in [-0.3, -0.25) is 19.3 Å². The summed E-state index contributed by atoms with van der Waals surface area (Å²) in [6.07, 6.45) is -0.988. The maximum Gasteiger partial charge on any atom is 0.326 e. The van der Waals surface area contributed by atoms with E-state index in [-0.39, 0.29) is 25.0 Å². The van der Waals surface area contributed by atoms with Crippen LogP contribution in [0.5, 0.6) is 5.75 Å². The molecule has 8 nitrogen and oxygen atoms in total. The molecule has 0 saturated heterocycles. The van der Waals surface area contributed by atoms with Crippen LogP contribution in [0.25, 0.3) is 10.2 Å². The lowest BCUT2D eigenvalue weighted by molar-refractivity contribution is -0.157. The highest BCUT2D eigenvalue weighted by Gasteiger charge is 2.29. The third-order valence-corrected chi connectivity index (χ3v) is 5.86. The summed E-state index contributed by atoms with van der Waals surface area (Å²) in [7, 11) is 1.64. The number of likely N-dealkylation sites (N-methyl/N-ethyl adjacent to an activating group) is 1. The van der Waals surface area contributed by atoms with Crippen LogP contribution in [0.2, 0.25) is 0 Å². The first-order valence-corrected chi connectivity index (χ1v) is 10.5. The lowest BCUT2D eigenvalue weighted by Gasteiger charge is -2.29. The molecule has 1 aliphatic heterocycles. The number of hydrogen-bond donors (Lipinski definition) is 0. The van der Waals surface area contributed by atoms with E-state index in [1.807, 2.05) is 24.3 Å². The minimum absolute atomic E-state index is 0.149. The van der Waals surface area contributed by atoms with E-state index in [4.69, 9.17) is 9.47 Å². The molecule has 3 aromatic rings. The Bertz CT molecular complexity index is 1110. The zero-order valence-corrected chi connectivity index (χ0v) is 17.9. The molecule has 0 bridgehead atoms. The van der Waals surface area contributed by atoms with Crippen molar-refractivity contribution in [2.75, 3.05) is 25.1 Å². The summed E-state index contributed by atoms with van der Waals surface area (Å²) < 4.78 is 11.7. The van der Waals surface area contributed by atoms with Gasteiger partial charge in [-0.1, -0.05) is 24.3 Å². The second kappa shape index (κ2) is 8.73. The SMILES string of the molecule is CC(OC(=O)CN1C(=O)COc2ccccc21)C(=O)N(C)Cc1nc2ccccc2s1. The third-order valence-electron chi connectivity index (χ3n) is 4.84. The Labute approximate surface area is 183 Å². The van der Waals surface area contributed by atoms with Crippen LogP contribution >= 0.6 is 11.3 Å². The van der Waals surface area contributed by atoms with Crippen molar-refractivity contribution in [3.63, 3.8) is 0 Å². The molecule has 1 aliphatic rings. The molecule has 1 unspecified atom stereocenters. The fraction of sp³-hybridized carbons (Fsp3) is 0.273. The van der Waals surface area contributed by atoms with Crippen molar-refractivity contribution in [1.29, 1.82) is 0 Å². The van der Waals surface area contributed by atoms with E-state index in [0.717, 1.165) is 15.2 Å². The van der Waals surface area contributed by atoms with Gasteiger partial charge >= 0.3 is 5.97 Å². The number of esters is 1. The molecule has 160 valence electrons. The van der Waals surface area contributed by atoms with E-state index >= 15 is 0 Å². The van der Waals surface area contributed by atoms with Gasteiger partial charge < -0.3 is 14.4 Å². The maximum absolute atomic E-state index is 12.7. The topological polar surface area (TPSA) is 89.0 Å². The van der Waals surface area contributed by atoms with E-state index in [2.05, 4.69) is 4.98 Å². The zero-order chi connectivity index (χ0) is 22.0. The molecule has 0 fully saturated rings. The average molecular weight is 439 g/mol. The third kappa shape index (κ3) is 4.51. The maximum atomic E-state index is 12.7. The number of thiazole rings is 1. The van der Waals surface area contributed by atoms with Crippen molar-refractivity contribution in [3.8, 4) is 5.75 Å². The van der Waals surface area contributed by atoms with Crippen LogP contribution < -0.4 is 9.64 Å². The van der Waals surface area contributed by atoms with Gasteiger partial charge in [0, 0.05) is 7.05 Å². The molecule has 31 heavy (non-hydrogen) atoms. The number of carbonyl (C=O) groups excluding carboxylic acids is 3. The second-order valence-corrected chi connectivity index (χ2v) is 8.25. The van der Waals surface area contributed by atoms with E-state index in [1.54, 1.807) is 31.3 Å². The summed E-state index contributed by atoms with van der Waals surface area (Å²) in [5.41, 5.74) is 1.39. The number of aromatic nitrogens is 1. The number of para-hydroxylation sites is 3. The predicted molar refractivity (Wildman–Crippen MR) is 116 cm³/mol. The van der Waals surface area contributed by atoms with Gasteiger partial charge in [0.25, 0.3) is 11.8 Å². The number of carbonyl (C=O) groups is 3. The van der Waals surface area contributed by atoms with Crippen molar-refractivity contribution >= 4 is 45.0 Å². The van der Waals surface area contributed by atoms with Gasteiger partial charge in [0.2, 0.25) is 0 Å². The standard InChI is InChI=1S/C22H21N3O5S/c1-14(22(28)24(2)11-19-23-15-7-3-6-10-18(15)31-19)30-21(27)12-25-16-8-4-5-9-17(16)29-13-20(25)26/h3-10,14H,11-13H2,1-2H3. The van der Waals surface area contributed by atoms with Crippen molar-refractivity contribution in [3.05, 3.63) is 53.5 Å². The molecule has 2 amide bonds. The molecule has 0 saturated carbocycles. The highest BCUT2D eigenvalue weighted by atomic mass is 32.1. The van der Waals surface area contributed by atoms with Gasteiger partial charge in [0.05, 0.1) is 22.4 Å². The number of amides is 2. The van der Waals surface area contributed by atoms with E-state index in [1.165, 1.54) is 28.1 Å². The number of nitrogens with zero attached hydrogens (tertiary/aromatic N) is 3. The first kappa shape index (κ1) is 20.8. The van der Waals surface area contributed by atoms with Gasteiger partial charge in [0.1, 0.15) is 17.3 Å². The fourth-order valence-electron chi connectivity index (χ4n) is 3.32. The molecule has 9 heteroatoms. The lowest BCUT2D eigenvalue weighted by Crippen LogP contribution is -2.44. The Kier molecular flexibility index (Phi) is 5.85. The summed E-state index contributed by atoms with van der Waals surface area (Å²) in [4.78, 5) is 44.6. The monoisotopic (exact) mass is 439 g/mol. The van der Waals surface area contributed by atoms with Crippen molar-refractivity contribution < 1.29 is 23.9 Å². The summed E-state index contributed by atoms with van der Waals surface area (Å²) in [6, 6.07) is 14.7. The smallest absolute Gasteiger partial charge is 0.326 e. The number of anilines is 1. The van der Waals surface area contributed by atoms with Crippen molar-refractivity contribution in [2.45, 2.75) is 19.6 Å². The molecular formula is C22H21N3O5S. The Morgan fingerprint density at radius 2 is 1.97 bits per heavy atom. The highest BCUT2D eigenvalue weighted by Crippen LogP contribution is 2.31. The molecule has 0 radical (unpaired) electrons. The van der Waals surface area contributed by atoms with Crippen LogP contribution in [-0.4, -0.2) is 54.0 Å². The van der Waals surface area contributed by atoms with Crippen LogP contribution in [0.3, 0.4) is 0 Å². The number of benzene rings is 2. The normalized spacial score (nSPS) is 14.0. The predicted octanol–water partition coefficient (Wildman–Crippen LogP) is 2.61. The number of fused-ring (bicyclic) bond motifs is 2. The molecule has 2 aromatic carbocycles. The minimum atomic E-state index is -0.988. The lowest BCUT2D eigenvalue weighted by atomic mass is 10.2. The Hall–Kier alpha value is -3.46.